The van der Waals surface area contributed by atoms with E-state index in [0.29, 0.717) is 13.2 Å². The van der Waals surface area contributed by atoms with Crippen LogP contribution in [0.1, 0.15) is 12.0 Å². The van der Waals surface area contributed by atoms with Gasteiger partial charge in [0, 0.05) is 6.61 Å². The molecule has 2 aromatic carbocycles. The van der Waals surface area contributed by atoms with Gasteiger partial charge < -0.3 is 9.47 Å². The summed E-state index contributed by atoms with van der Waals surface area (Å²) in [5.74, 6) is 0.894. The molecular formula is C19H22O2. The average molecular weight is 282 g/mol. The largest absolute Gasteiger partial charge is 0.490 e. The lowest BCUT2D eigenvalue weighted by Crippen LogP contribution is -1.98. The van der Waals surface area contributed by atoms with E-state index in [0.717, 1.165) is 25.2 Å². The third-order valence-electron chi connectivity index (χ3n) is 3.07. The van der Waals surface area contributed by atoms with Crippen LogP contribution in [-0.4, -0.2) is 19.8 Å². The molecule has 0 fully saturated rings. The Morgan fingerprint density at radius 1 is 0.762 bits per heavy atom. The molecule has 0 heterocycles. The number of benzene rings is 2. The van der Waals surface area contributed by atoms with Gasteiger partial charge in [-0.1, -0.05) is 54.6 Å². The van der Waals surface area contributed by atoms with Gasteiger partial charge in [-0.2, -0.15) is 0 Å². The van der Waals surface area contributed by atoms with Crippen molar-refractivity contribution in [2.75, 3.05) is 19.8 Å². The van der Waals surface area contributed by atoms with E-state index in [1.807, 2.05) is 48.6 Å². The normalized spacial score (nSPS) is 10.9. The monoisotopic (exact) mass is 282 g/mol. The van der Waals surface area contributed by atoms with Crippen molar-refractivity contribution in [2.45, 2.75) is 12.8 Å². The number of ether oxygens (including phenoxy) is 2. The number of aryl methyl sites for hydroxylation is 1. The van der Waals surface area contributed by atoms with E-state index in [1.54, 1.807) is 0 Å². The highest BCUT2D eigenvalue weighted by Gasteiger charge is 1.92. The molecule has 2 rings (SSSR count). The molecule has 0 unspecified atom stereocenters. The summed E-state index contributed by atoms with van der Waals surface area (Å²) >= 11 is 0. The quantitative estimate of drug-likeness (QED) is 0.505. The van der Waals surface area contributed by atoms with E-state index in [9.17, 15) is 0 Å². The maximum atomic E-state index is 5.57. The molecule has 0 saturated heterocycles. The lowest BCUT2D eigenvalue weighted by Gasteiger charge is -2.03. The lowest BCUT2D eigenvalue weighted by molar-refractivity contribution is 0.159. The first kappa shape index (κ1) is 15.3. The highest BCUT2D eigenvalue weighted by Crippen LogP contribution is 2.07. The Morgan fingerprint density at radius 3 is 2.19 bits per heavy atom. The predicted octanol–water partition coefficient (Wildman–Crippen LogP) is 4.27. The molecule has 0 saturated carbocycles. The Bertz CT molecular complexity index is 506. The third-order valence-corrected chi connectivity index (χ3v) is 3.07. The molecule has 0 amide bonds. The zero-order valence-corrected chi connectivity index (χ0v) is 12.3. The van der Waals surface area contributed by atoms with Crippen molar-refractivity contribution < 1.29 is 9.47 Å². The van der Waals surface area contributed by atoms with Crippen molar-refractivity contribution >= 4 is 0 Å². The van der Waals surface area contributed by atoms with Gasteiger partial charge in [0.25, 0.3) is 0 Å². The van der Waals surface area contributed by atoms with Crippen molar-refractivity contribution in [3.8, 4) is 5.75 Å². The maximum absolute atomic E-state index is 5.57. The van der Waals surface area contributed by atoms with Crippen LogP contribution in [-0.2, 0) is 11.2 Å². The van der Waals surface area contributed by atoms with E-state index in [4.69, 9.17) is 9.47 Å². The molecule has 0 N–H and O–H groups in total. The molecular weight excluding hydrogens is 260 g/mol. The Labute approximate surface area is 127 Å². The fraction of sp³-hybridized carbons (Fsp3) is 0.263. The summed E-state index contributed by atoms with van der Waals surface area (Å²) in [6.07, 6.45) is 6.12. The first-order chi connectivity index (χ1) is 10.4. The molecule has 2 heteroatoms. The van der Waals surface area contributed by atoms with Gasteiger partial charge in [0.05, 0.1) is 6.61 Å². The fourth-order valence-corrected chi connectivity index (χ4v) is 1.97. The van der Waals surface area contributed by atoms with Crippen molar-refractivity contribution in [1.82, 2.24) is 0 Å². The summed E-state index contributed by atoms with van der Waals surface area (Å²) in [5.41, 5.74) is 1.37. The summed E-state index contributed by atoms with van der Waals surface area (Å²) in [5, 5.41) is 0. The minimum atomic E-state index is 0.581. The summed E-state index contributed by atoms with van der Waals surface area (Å²) < 4.78 is 11.1. The van der Waals surface area contributed by atoms with Gasteiger partial charge in [-0.3, -0.25) is 0 Å². The SMILES string of the molecule is C(=C\COc1ccccc1)/COCCCc1ccccc1. The standard InChI is InChI=1S/C19H22O2/c1-3-10-18(11-4-1)12-9-16-20-15-7-8-17-21-19-13-5-2-6-14-19/h1-8,10-11,13-14H,9,12,15-17H2/b8-7+. The molecule has 0 aliphatic heterocycles. The molecule has 2 nitrogen and oxygen atoms in total. The topological polar surface area (TPSA) is 18.5 Å². The van der Waals surface area contributed by atoms with Crippen LogP contribution in [0.5, 0.6) is 5.75 Å². The Balaban J connectivity index is 1.47. The molecule has 0 aromatic heterocycles. The van der Waals surface area contributed by atoms with Crippen LogP contribution in [0.15, 0.2) is 72.8 Å². The van der Waals surface area contributed by atoms with Crippen LogP contribution in [0.2, 0.25) is 0 Å². The number of hydrogen-bond donors (Lipinski definition) is 0. The molecule has 0 aliphatic rings. The maximum Gasteiger partial charge on any atom is 0.119 e. The second-order valence-electron chi connectivity index (χ2n) is 4.76. The molecule has 0 atom stereocenters. The number of hydrogen-bond acceptors (Lipinski definition) is 2. The molecule has 0 radical (unpaired) electrons. The molecule has 0 bridgehead atoms. The van der Waals surface area contributed by atoms with Crippen molar-refractivity contribution in [1.29, 1.82) is 0 Å². The van der Waals surface area contributed by atoms with Crippen LogP contribution in [0.4, 0.5) is 0 Å². The second-order valence-corrected chi connectivity index (χ2v) is 4.76. The van der Waals surface area contributed by atoms with Crippen LogP contribution in [0.3, 0.4) is 0 Å². The van der Waals surface area contributed by atoms with Gasteiger partial charge in [-0.05, 0) is 36.6 Å². The minimum absolute atomic E-state index is 0.581. The van der Waals surface area contributed by atoms with Gasteiger partial charge in [-0.15, -0.1) is 0 Å². The highest BCUT2D eigenvalue weighted by molar-refractivity contribution is 5.21. The Kier molecular flexibility index (Phi) is 7.14. The molecule has 21 heavy (non-hydrogen) atoms. The smallest absolute Gasteiger partial charge is 0.119 e. The molecule has 2 aromatic rings. The Hall–Kier alpha value is -2.06. The first-order valence-corrected chi connectivity index (χ1v) is 7.39. The van der Waals surface area contributed by atoms with Crippen molar-refractivity contribution in [3.63, 3.8) is 0 Å². The first-order valence-electron chi connectivity index (χ1n) is 7.39. The summed E-state index contributed by atoms with van der Waals surface area (Å²) in [4.78, 5) is 0. The van der Waals surface area contributed by atoms with Crippen molar-refractivity contribution in [2.24, 2.45) is 0 Å². The zero-order chi connectivity index (χ0) is 14.6. The van der Waals surface area contributed by atoms with Crippen LogP contribution in [0, 0.1) is 0 Å². The van der Waals surface area contributed by atoms with Crippen molar-refractivity contribution in [3.05, 3.63) is 78.4 Å². The second kappa shape index (κ2) is 9.78. The van der Waals surface area contributed by atoms with Gasteiger partial charge in [0.1, 0.15) is 12.4 Å². The van der Waals surface area contributed by atoms with Crippen LogP contribution < -0.4 is 4.74 Å². The van der Waals surface area contributed by atoms with Gasteiger partial charge in [0.15, 0.2) is 0 Å². The Morgan fingerprint density at radius 2 is 1.43 bits per heavy atom. The van der Waals surface area contributed by atoms with E-state index >= 15 is 0 Å². The van der Waals surface area contributed by atoms with Gasteiger partial charge in [0.2, 0.25) is 0 Å². The molecule has 0 spiro atoms. The third kappa shape index (κ3) is 6.77. The van der Waals surface area contributed by atoms with E-state index in [-0.39, 0.29) is 0 Å². The fourth-order valence-electron chi connectivity index (χ4n) is 1.97. The number of para-hydroxylation sites is 1. The van der Waals surface area contributed by atoms with E-state index in [2.05, 4.69) is 24.3 Å². The van der Waals surface area contributed by atoms with Crippen LogP contribution in [0.25, 0.3) is 0 Å². The highest BCUT2D eigenvalue weighted by atomic mass is 16.5. The molecule has 0 aliphatic carbocycles. The minimum Gasteiger partial charge on any atom is -0.490 e. The predicted molar refractivity (Wildman–Crippen MR) is 86.7 cm³/mol. The zero-order valence-electron chi connectivity index (χ0n) is 12.3. The summed E-state index contributed by atoms with van der Waals surface area (Å²) in [7, 11) is 0. The van der Waals surface area contributed by atoms with Crippen LogP contribution >= 0.6 is 0 Å². The van der Waals surface area contributed by atoms with E-state index < -0.39 is 0 Å². The summed E-state index contributed by atoms with van der Waals surface area (Å²) in [6, 6.07) is 20.3. The number of rotatable bonds is 9. The molecule has 110 valence electrons. The van der Waals surface area contributed by atoms with E-state index in [1.165, 1.54) is 5.56 Å². The lowest BCUT2D eigenvalue weighted by atomic mass is 10.1. The van der Waals surface area contributed by atoms with Gasteiger partial charge in [-0.25, -0.2) is 0 Å². The summed E-state index contributed by atoms with van der Waals surface area (Å²) in [6.45, 7) is 2.02. The van der Waals surface area contributed by atoms with Gasteiger partial charge >= 0.3 is 0 Å². The average Bonchev–Trinajstić information content (AvgIpc) is 2.55.